The maximum atomic E-state index is 5.78. The van der Waals surface area contributed by atoms with Crippen LogP contribution in [-0.2, 0) is 17.0 Å². The summed E-state index contributed by atoms with van der Waals surface area (Å²) in [6.45, 7) is 10.2. The lowest BCUT2D eigenvalue weighted by molar-refractivity contribution is 0.0945. The Hall–Kier alpha value is -1.27. The van der Waals surface area contributed by atoms with Gasteiger partial charge in [-0.15, -0.1) is 0 Å². The molecular formula is C17H25N3O2S. The van der Waals surface area contributed by atoms with Crippen LogP contribution in [0.25, 0.3) is 0 Å². The van der Waals surface area contributed by atoms with Crippen molar-refractivity contribution in [2.75, 3.05) is 6.61 Å². The Morgan fingerprint density at radius 3 is 2.87 bits per heavy atom. The molecule has 0 aromatic carbocycles. The summed E-state index contributed by atoms with van der Waals surface area (Å²) in [4.78, 5) is 9.08. The quantitative estimate of drug-likeness (QED) is 0.745. The average molecular weight is 335 g/mol. The van der Waals surface area contributed by atoms with Crippen LogP contribution in [0.2, 0.25) is 0 Å². The van der Waals surface area contributed by atoms with Gasteiger partial charge >= 0.3 is 0 Å². The van der Waals surface area contributed by atoms with Crippen molar-refractivity contribution >= 4 is 11.8 Å². The Labute approximate surface area is 141 Å². The Morgan fingerprint density at radius 2 is 2.22 bits per heavy atom. The number of thioether (sulfide) groups is 1. The summed E-state index contributed by atoms with van der Waals surface area (Å²) in [6, 6.07) is 0. The maximum Gasteiger partial charge on any atom is 0.204 e. The van der Waals surface area contributed by atoms with Gasteiger partial charge in [0.2, 0.25) is 5.89 Å². The fraction of sp³-hybridized carbons (Fsp3) is 0.647. The predicted octanol–water partition coefficient (Wildman–Crippen LogP) is 4.08. The number of aromatic nitrogens is 3. The first-order valence-electron chi connectivity index (χ1n) is 8.27. The number of oxazole rings is 1. The third-order valence-electron chi connectivity index (χ3n) is 4.30. The second-order valence-electron chi connectivity index (χ2n) is 6.41. The highest BCUT2D eigenvalue weighted by Crippen LogP contribution is 2.27. The first-order chi connectivity index (χ1) is 11.0. The van der Waals surface area contributed by atoms with E-state index in [9.17, 15) is 0 Å². The van der Waals surface area contributed by atoms with E-state index in [-0.39, 0.29) is 0 Å². The van der Waals surface area contributed by atoms with Gasteiger partial charge in [0.25, 0.3) is 0 Å². The van der Waals surface area contributed by atoms with E-state index in [2.05, 4.69) is 37.2 Å². The molecule has 0 amide bonds. The molecule has 126 valence electrons. The summed E-state index contributed by atoms with van der Waals surface area (Å²) in [5, 5.41) is 1.03. The van der Waals surface area contributed by atoms with E-state index in [0.29, 0.717) is 17.8 Å². The van der Waals surface area contributed by atoms with Gasteiger partial charge in [-0.1, -0.05) is 25.6 Å². The van der Waals surface area contributed by atoms with Crippen LogP contribution >= 0.6 is 11.8 Å². The van der Waals surface area contributed by atoms with Crippen LogP contribution in [-0.4, -0.2) is 27.2 Å². The van der Waals surface area contributed by atoms with Crippen molar-refractivity contribution in [1.29, 1.82) is 0 Å². The maximum absolute atomic E-state index is 5.78. The van der Waals surface area contributed by atoms with Crippen molar-refractivity contribution in [3.63, 3.8) is 0 Å². The predicted molar refractivity (Wildman–Crippen MR) is 90.8 cm³/mol. The number of aryl methyl sites for hydroxylation is 1. The first kappa shape index (κ1) is 16.6. The molecule has 1 unspecified atom stereocenters. The second-order valence-corrected chi connectivity index (χ2v) is 7.35. The van der Waals surface area contributed by atoms with Crippen LogP contribution in [0.15, 0.2) is 15.8 Å². The topological polar surface area (TPSA) is 53.1 Å². The summed E-state index contributed by atoms with van der Waals surface area (Å²) < 4.78 is 13.8. The normalized spacial score (nSPS) is 18.2. The zero-order valence-corrected chi connectivity index (χ0v) is 15.2. The number of ether oxygens (including phenoxy) is 1. The first-order valence-corrected chi connectivity index (χ1v) is 9.26. The number of hydrogen-bond donors (Lipinski definition) is 0. The highest BCUT2D eigenvalue weighted by molar-refractivity contribution is 7.98. The molecule has 1 aliphatic heterocycles. The third kappa shape index (κ3) is 3.80. The third-order valence-corrected chi connectivity index (χ3v) is 5.26. The Balaban J connectivity index is 1.69. The Kier molecular flexibility index (Phi) is 5.11. The van der Waals surface area contributed by atoms with Crippen molar-refractivity contribution in [2.45, 2.75) is 70.0 Å². The Bertz CT molecular complexity index is 657. The smallest absolute Gasteiger partial charge is 0.204 e. The molecule has 6 heteroatoms. The van der Waals surface area contributed by atoms with Crippen molar-refractivity contribution in [3.8, 4) is 0 Å². The van der Waals surface area contributed by atoms with Crippen molar-refractivity contribution < 1.29 is 9.15 Å². The minimum Gasteiger partial charge on any atom is -0.445 e. The molecule has 1 atom stereocenters. The molecule has 0 radical (unpaired) electrons. The van der Waals surface area contributed by atoms with Gasteiger partial charge in [0.05, 0.1) is 30.3 Å². The molecule has 3 rings (SSSR count). The molecule has 5 nitrogen and oxygen atoms in total. The minimum absolute atomic E-state index is 0.316. The van der Waals surface area contributed by atoms with Crippen LogP contribution < -0.4 is 0 Å². The van der Waals surface area contributed by atoms with E-state index >= 15 is 0 Å². The standard InChI is InChI=1S/C17H25N3O2S/c1-11(2)15-8-18-16(22-15)10-23-17-19-12(3)13(4)20(17)9-14-6-5-7-21-14/h8,11,14H,5-7,9-10H2,1-4H3. The number of nitrogens with zero attached hydrogens (tertiary/aromatic N) is 3. The zero-order chi connectivity index (χ0) is 16.4. The molecule has 0 spiro atoms. The van der Waals surface area contributed by atoms with E-state index in [4.69, 9.17) is 14.1 Å². The summed E-state index contributed by atoms with van der Waals surface area (Å²) in [5.74, 6) is 2.78. The van der Waals surface area contributed by atoms with Crippen molar-refractivity contribution in [2.24, 2.45) is 0 Å². The fourth-order valence-corrected chi connectivity index (χ4v) is 3.68. The monoisotopic (exact) mass is 335 g/mol. The van der Waals surface area contributed by atoms with E-state index in [0.717, 1.165) is 48.5 Å². The van der Waals surface area contributed by atoms with Crippen LogP contribution in [0.5, 0.6) is 0 Å². The largest absolute Gasteiger partial charge is 0.445 e. The fourth-order valence-electron chi connectivity index (χ4n) is 2.72. The highest BCUT2D eigenvalue weighted by atomic mass is 32.2. The number of hydrogen-bond acceptors (Lipinski definition) is 5. The van der Waals surface area contributed by atoms with E-state index < -0.39 is 0 Å². The minimum atomic E-state index is 0.316. The number of imidazole rings is 1. The summed E-state index contributed by atoms with van der Waals surface area (Å²) in [6.07, 6.45) is 4.44. The zero-order valence-electron chi connectivity index (χ0n) is 14.3. The van der Waals surface area contributed by atoms with Crippen molar-refractivity contribution in [3.05, 3.63) is 29.2 Å². The molecular weight excluding hydrogens is 310 g/mol. The molecule has 2 aromatic rings. The molecule has 23 heavy (non-hydrogen) atoms. The van der Waals surface area contributed by atoms with Gasteiger partial charge in [-0.25, -0.2) is 9.97 Å². The molecule has 1 saturated heterocycles. The molecule has 2 aromatic heterocycles. The van der Waals surface area contributed by atoms with Gasteiger partial charge in [0.15, 0.2) is 5.16 Å². The van der Waals surface area contributed by atoms with E-state index in [1.165, 1.54) is 5.69 Å². The van der Waals surface area contributed by atoms with E-state index in [1.54, 1.807) is 11.8 Å². The summed E-state index contributed by atoms with van der Waals surface area (Å²) >= 11 is 1.68. The molecule has 1 aliphatic rings. The average Bonchev–Trinajstić information content (AvgIpc) is 3.23. The van der Waals surface area contributed by atoms with Crippen molar-refractivity contribution in [1.82, 2.24) is 14.5 Å². The van der Waals surface area contributed by atoms with Crippen LogP contribution in [0.1, 0.15) is 55.6 Å². The van der Waals surface area contributed by atoms with Gasteiger partial charge in [-0.3, -0.25) is 0 Å². The molecule has 0 bridgehead atoms. The lowest BCUT2D eigenvalue weighted by Gasteiger charge is -2.14. The number of rotatable bonds is 6. The van der Waals surface area contributed by atoms with Gasteiger partial charge in [-0.2, -0.15) is 0 Å². The second kappa shape index (κ2) is 7.09. The van der Waals surface area contributed by atoms with Gasteiger partial charge in [-0.05, 0) is 26.7 Å². The van der Waals surface area contributed by atoms with Crippen LogP contribution in [0.4, 0.5) is 0 Å². The molecule has 0 saturated carbocycles. The lowest BCUT2D eigenvalue weighted by Crippen LogP contribution is -2.16. The molecule has 0 aliphatic carbocycles. The SMILES string of the molecule is Cc1nc(SCc2ncc(C(C)C)o2)n(CC2CCCO2)c1C. The van der Waals surface area contributed by atoms with Crippen LogP contribution in [0.3, 0.4) is 0 Å². The molecule has 1 fully saturated rings. The van der Waals surface area contributed by atoms with Gasteiger partial charge in [0.1, 0.15) is 5.76 Å². The summed E-state index contributed by atoms with van der Waals surface area (Å²) in [7, 11) is 0. The molecule has 0 N–H and O–H groups in total. The Morgan fingerprint density at radius 1 is 1.39 bits per heavy atom. The molecule has 3 heterocycles. The highest BCUT2D eigenvalue weighted by Gasteiger charge is 2.20. The summed E-state index contributed by atoms with van der Waals surface area (Å²) in [5.41, 5.74) is 2.30. The van der Waals surface area contributed by atoms with Crippen LogP contribution in [0, 0.1) is 13.8 Å². The van der Waals surface area contributed by atoms with Gasteiger partial charge in [0, 0.05) is 18.2 Å². The van der Waals surface area contributed by atoms with E-state index in [1.807, 2.05) is 6.20 Å². The van der Waals surface area contributed by atoms with Gasteiger partial charge < -0.3 is 13.7 Å². The lowest BCUT2D eigenvalue weighted by atomic mass is 10.2.